The Labute approximate surface area is 175 Å². The van der Waals surface area contributed by atoms with E-state index in [0.717, 1.165) is 23.6 Å². The Morgan fingerprint density at radius 1 is 0.933 bits per heavy atom. The third kappa shape index (κ3) is 3.66. The van der Waals surface area contributed by atoms with Gasteiger partial charge in [-0.1, -0.05) is 6.07 Å². The van der Waals surface area contributed by atoms with Crippen molar-refractivity contribution >= 4 is 11.7 Å². The van der Waals surface area contributed by atoms with E-state index in [0.29, 0.717) is 23.7 Å². The van der Waals surface area contributed by atoms with Crippen molar-refractivity contribution in [1.29, 1.82) is 0 Å². The summed E-state index contributed by atoms with van der Waals surface area (Å²) in [5.74, 6) is 2.03. The standard InChI is InChI=1S/C23H25N3O4/c1-28-18-9-7-17(8-10-18)24-23(27)26-14-13-25-12-4-5-19(25)22(26)16-6-11-20(29-2)21(15-16)30-3/h4-12,15,22H,13-14H2,1-3H3,(H,24,27)/t22-/m0/s1. The first kappa shape index (κ1) is 19.7. The SMILES string of the molecule is COc1ccc(NC(=O)N2CCn3cccc3[C@@H]2c2ccc(OC)c(OC)c2)cc1. The molecule has 0 bridgehead atoms. The Morgan fingerprint density at radius 2 is 1.70 bits per heavy atom. The number of fused-ring (bicyclic) bond motifs is 1. The lowest BCUT2D eigenvalue weighted by Crippen LogP contribution is -2.44. The van der Waals surface area contributed by atoms with Crippen molar-refractivity contribution in [2.45, 2.75) is 12.6 Å². The lowest BCUT2D eigenvalue weighted by Gasteiger charge is -2.37. The molecule has 3 aromatic rings. The van der Waals surface area contributed by atoms with E-state index < -0.39 is 0 Å². The Kier molecular flexibility index (Phi) is 5.52. The number of ether oxygens (including phenoxy) is 3. The second-order valence-corrected chi connectivity index (χ2v) is 7.00. The van der Waals surface area contributed by atoms with E-state index in [2.05, 4.69) is 9.88 Å². The van der Waals surface area contributed by atoms with Crippen molar-refractivity contribution in [1.82, 2.24) is 9.47 Å². The van der Waals surface area contributed by atoms with Crippen LogP contribution >= 0.6 is 0 Å². The number of nitrogens with one attached hydrogen (secondary N) is 1. The zero-order valence-electron chi connectivity index (χ0n) is 17.3. The minimum atomic E-state index is -0.244. The molecule has 0 saturated carbocycles. The zero-order chi connectivity index (χ0) is 21.1. The van der Waals surface area contributed by atoms with Gasteiger partial charge in [-0.15, -0.1) is 0 Å². The second-order valence-electron chi connectivity index (χ2n) is 7.00. The Hall–Kier alpha value is -3.61. The Bertz CT molecular complexity index is 1030. The summed E-state index contributed by atoms with van der Waals surface area (Å²) in [4.78, 5) is 15.1. The number of urea groups is 1. The molecule has 1 atom stereocenters. The summed E-state index contributed by atoms with van der Waals surface area (Å²) in [7, 11) is 4.83. The minimum Gasteiger partial charge on any atom is -0.497 e. The van der Waals surface area contributed by atoms with Gasteiger partial charge in [-0.3, -0.25) is 0 Å². The first-order valence-corrected chi connectivity index (χ1v) is 9.73. The van der Waals surface area contributed by atoms with Crippen molar-refractivity contribution in [2.24, 2.45) is 0 Å². The van der Waals surface area contributed by atoms with E-state index in [1.54, 1.807) is 21.3 Å². The molecule has 2 aromatic carbocycles. The molecule has 0 spiro atoms. The van der Waals surface area contributed by atoms with Crippen LogP contribution in [0.4, 0.5) is 10.5 Å². The number of carbonyl (C=O) groups excluding carboxylic acids is 1. The van der Waals surface area contributed by atoms with Crippen LogP contribution < -0.4 is 19.5 Å². The molecule has 4 rings (SSSR count). The monoisotopic (exact) mass is 407 g/mol. The highest BCUT2D eigenvalue weighted by molar-refractivity contribution is 5.90. The predicted molar refractivity (Wildman–Crippen MR) is 115 cm³/mol. The van der Waals surface area contributed by atoms with Gasteiger partial charge in [-0.05, 0) is 54.1 Å². The van der Waals surface area contributed by atoms with Crippen LogP contribution in [0.15, 0.2) is 60.8 Å². The fourth-order valence-corrected chi connectivity index (χ4v) is 3.85. The Balaban J connectivity index is 1.67. The maximum Gasteiger partial charge on any atom is 0.322 e. The number of nitrogens with zero attached hydrogens (tertiary/aromatic N) is 2. The molecule has 0 unspecified atom stereocenters. The first-order chi connectivity index (χ1) is 14.6. The molecule has 0 aliphatic carbocycles. The highest BCUT2D eigenvalue weighted by Crippen LogP contribution is 2.37. The largest absolute Gasteiger partial charge is 0.497 e. The summed E-state index contributed by atoms with van der Waals surface area (Å²) in [6.45, 7) is 1.32. The van der Waals surface area contributed by atoms with Gasteiger partial charge in [-0.25, -0.2) is 4.79 Å². The molecule has 1 aliphatic heterocycles. The van der Waals surface area contributed by atoms with E-state index in [-0.39, 0.29) is 12.1 Å². The molecule has 0 fully saturated rings. The number of hydrogen-bond acceptors (Lipinski definition) is 4. The number of amides is 2. The maximum absolute atomic E-state index is 13.2. The summed E-state index contributed by atoms with van der Waals surface area (Å²) >= 11 is 0. The van der Waals surface area contributed by atoms with E-state index in [4.69, 9.17) is 14.2 Å². The van der Waals surface area contributed by atoms with Crippen LogP contribution in [0.5, 0.6) is 17.2 Å². The van der Waals surface area contributed by atoms with Crippen molar-refractivity contribution in [3.05, 3.63) is 72.1 Å². The van der Waals surface area contributed by atoms with E-state index in [1.807, 2.05) is 65.7 Å². The van der Waals surface area contributed by atoms with Gasteiger partial charge in [0.15, 0.2) is 11.5 Å². The molecule has 7 heteroatoms. The molecule has 0 saturated heterocycles. The van der Waals surface area contributed by atoms with Crippen LogP contribution in [0.25, 0.3) is 0 Å². The fraction of sp³-hybridized carbons (Fsp3) is 0.261. The van der Waals surface area contributed by atoms with Gasteiger partial charge in [0.25, 0.3) is 0 Å². The van der Waals surface area contributed by atoms with E-state index >= 15 is 0 Å². The lowest BCUT2D eigenvalue weighted by molar-refractivity contribution is 0.181. The average molecular weight is 407 g/mol. The molecule has 7 nitrogen and oxygen atoms in total. The first-order valence-electron chi connectivity index (χ1n) is 9.73. The third-order valence-electron chi connectivity index (χ3n) is 5.36. The molecule has 2 heterocycles. The lowest BCUT2D eigenvalue weighted by atomic mass is 9.99. The molecule has 1 N–H and O–H groups in total. The fourth-order valence-electron chi connectivity index (χ4n) is 3.85. The number of benzene rings is 2. The molecule has 30 heavy (non-hydrogen) atoms. The second kappa shape index (κ2) is 8.41. The van der Waals surface area contributed by atoms with E-state index in [9.17, 15) is 4.79 Å². The van der Waals surface area contributed by atoms with Gasteiger partial charge in [0.1, 0.15) is 5.75 Å². The normalized spacial score (nSPS) is 15.3. The molecule has 2 amide bonds. The van der Waals surface area contributed by atoms with Crippen LogP contribution in [0, 0.1) is 0 Å². The molecule has 1 aliphatic rings. The average Bonchev–Trinajstić information content (AvgIpc) is 3.27. The van der Waals surface area contributed by atoms with Crippen LogP contribution in [-0.2, 0) is 6.54 Å². The maximum atomic E-state index is 13.2. The van der Waals surface area contributed by atoms with Crippen LogP contribution in [0.3, 0.4) is 0 Å². The van der Waals surface area contributed by atoms with Gasteiger partial charge in [0.05, 0.1) is 27.4 Å². The number of anilines is 1. The molecular formula is C23H25N3O4. The minimum absolute atomic E-state index is 0.160. The summed E-state index contributed by atoms with van der Waals surface area (Å²) in [6, 6.07) is 16.7. The summed E-state index contributed by atoms with van der Waals surface area (Å²) < 4.78 is 18.2. The predicted octanol–water partition coefficient (Wildman–Crippen LogP) is 4.15. The topological polar surface area (TPSA) is 65.0 Å². The highest BCUT2D eigenvalue weighted by Gasteiger charge is 2.32. The number of methoxy groups -OCH3 is 3. The van der Waals surface area contributed by atoms with Gasteiger partial charge < -0.3 is 29.0 Å². The quantitative estimate of drug-likeness (QED) is 0.690. The van der Waals surface area contributed by atoms with Gasteiger partial charge >= 0.3 is 6.03 Å². The van der Waals surface area contributed by atoms with Crippen molar-refractivity contribution in [3.8, 4) is 17.2 Å². The Morgan fingerprint density at radius 3 is 2.40 bits per heavy atom. The molecule has 156 valence electrons. The number of aromatic nitrogens is 1. The highest BCUT2D eigenvalue weighted by atomic mass is 16.5. The number of hydrogen-bond donors (Lipinski definition) is 1. The zero-order valence-corrected chi connectivity index (χ0v) is 17.3. The van der Waals surface area contributed by atoms with Gasteiger partial charge in [-0.2, -0.15) is 0 Å². The third-order valence-corrected chi connectivity index (χ3v) is 5.36. The number of carbonyl (C=O) groups is 1. The molecule has 0 radical (unpaired) electrons. The van der Waals surface area contributed by atoms with Crippen molar-refractivity contribution in [2.75, 3.05) is 33.2 Å². The smallest absolute Gasteiger partial charge is 0.322 e. The molecule has 1 aromatic heterocycles. The van der Waals surface area contributed by atoms with Gasteiger partial charge in [0, 0.05) is 30.7 Å². The summed E-state index contributed by atoms with van der Waals surface area (Å²) in [5, 5.41) is 3.00. The van der Waals surface area contributed by atoms with E-state index in [1.165, 1.54) is 0 Å². The van der Waals surface area contributed by atoms with Crippen LogP contribution in [0.2, 0.25) is 0 Å². The van der Waals surface area contributed by atoms with Crippen LogP contribution in [-0.4, -0.2) is 43.4 Å². The summed E-state index contributed by atoms with van der Waals surface area (Å²) in [6.07, 6.45) is 2.04. The number of rotatable bonds is 5. The van der Waals surface area contributed by atoms with Crippen molar-refractivity contribution < 1.29 is 19.0 Å². The van der Waals surface area contributed by atoms with Gasteiger partial charge in [0.2, 0.25) is 0 Å². The van der Waals surface area contributed by atoms with Crippen LogP contribution in [0.1, 0.15) is 17.3 Å². The van der Waals surface area contributed by atoms with Crippen molar-refractivity contribution in [3.63, 3.8) is 0 Å². The summed E-state index contributed by atoms with van der Waals surface area (Å²) in [5.41, 5.74) is 2.73. The molecular weight excluding hydrogens is 382 g/mol.